The molecule has 0 saturated heterocycles. The predicted octanol–water partition coefficient (Wildman–Crippen LogP) is 4.99. The molecule has 4 aromatic rings. The summed E-state index contributed by atoms with van der Waals surface area (Å²) < 4.78 is 33.3. The van der Waals surface area contributed by atoms with Crippen LogP contribution in [0.2, 0.25) is 0 Å². The summed E-state index contributed by atoms with van der Waals surface area (Å²) in [6.45, 7) is 1.25. The van der Waals surface area contributed by atoms with Crippen LogP contribution in [0.3, 0.4) is 0 Å². The van der Waals surface area contributed by atoms with Crippen molar-refractivity contribution in [3.05, 3.63) is 67.1 Å². The number of aromatic nitrogens is 4. The van der Waals surface area contributed by atoms with E-state index in [1.807, 2.05) is 44.2 Å². The largest absolute Gasteiger partial charge is 0.433 e. The van der Waals surface area contributed by atoms with Gasteiger partial charge in [0.25, 0.3) is 0 Å². The number of rotatable bonds is 11. The summed E-state index contributed by atoms with van der Waals surface area (Å²) in [5.41, 5.74) is 3.75. The summed E-state index contributed by atoms with van der Waals surface area (Å²) >= 11 is 0. The Balaban J connectivity index is 1.69. The molecule has 2 aromatic heterocycles. The highest BCUT2D eigenvalue weighted by atomic mass is 19.3. The minimum absolute atomic E-state index is 0.0621. The van der Waals surface area contributed by atoms with Gasteiger partial charge in [0.1, 0.15) is 17.9 Å². The van der Waals surface area contributed by atoms with Crippen molar-refractivity contribution in [2.24, 2.45) is 7.05 Å². The van der Waals surface area contributed by atoms with E-state index in [9.17, 15) is 13.6 Å². The lowest BCUT2D eigenvalue weighted by Gasteiger charge is -2.18. The molecule has 0 fully saturated rings. The van der Waals surface area contributed by atoms with Crippen molar-refractivity contribution in [2.75, 3.05) is 31.3 Å². The van der Waals surface area contributed by atoms with E-state index in [1.165, 1.54) is 12.4 Å². The van der Waals surface area contributed by atoms with Crippen molar-refractivity contribution in [2.45, 2.75) is 19.5 Å². The third-order valence-corrected chi connectivity index (χ3v) is 5.89. The molecule has 0 unspecified atom stereocenters. The zero-order valence-electron chi connectivity index (χ0n) is 21.4. The second kappa shape index (κ2) is 11.8. The lowest BCUT2D eigenvalue weighted by atomic mass is 10.0. The van der Waals surface area contributed by atoms with Crippen LogP contribution in [0.1, 0.15) is 12.0 Å². The van der Waals surface area contributed by atoms with Crippen LogP contribution < -0.4 is 15.4 Å². The molecule has 0 bridgehead atoms. The van der Waals surface area contributed by atoms with E-state index < -0.39 is 12.5 Å². The standard InChI is InChI=1S/C27H29F2N7O2/c1-5-26(37)34-21-13-22(24(38-27(28)29)12-17(21)7-6-10-35(2)3)33-25-14-20(30-16-31-25)18-8-9-19-15-32-36(4)23(19)11-18/h5,8-9,11-16,27H,1,6-7,10H2,2-4H3,(H,34,37)(H,30,31,33). The van der Waals surface area contributed by atoms with Gasteiger partial charge in [-0.05, 0) is 63.3 Å². The number of halogens is 2. The van der Waals surface area contributed by atoms with Crippen LogP contribution in [0.4, 0.5) is 26.0 Å². The van der Waals surface area contributed by atoms with E-state index in [0.29, 0.717) is 29.2 Å². The van der Waals surface area contributed by atoms with Gasteiger partial charge in [-0.2, -0.15) is 13.9 Å². The fourth-order valence-electron chi connectivity index (χ4n) is 4.03. The smallest absolute Gasteiger partial charge is 0.387 e. The fourth-order valence-corrected chi connectivity index (χ4v) is 4.03. The first-order valence-corrected chi connectivity index (χ1v) is 11.9. The second-order valence-corrected chi connectivity index (χ2v) is 8.94. The van der Waals surface area contributed by atoms with Crippen LogP contribution in [-0.4, -0.2) is 57.8 Å². The highest BCUT2D eigenvalue weighted by molar-refractivity contribution is 6.00. The van der Waals surface area contributed by atoms with E-state index in [1.54, 1.807) is 23.0 Å². The van der Waals surface area contributed by atoms with Crippen molar-refractivity contribution >= 4 is 34.0 Å². The number of ether oxygens (including phenoxy) is 1. The Kier molecular flexibility index (Phi) is 8.27. The van der Waals surface area contributed by atoms with Crippen molar-refractivity contribution in [1.29, 1.82) is 0 Å². The maximum atomic E-state index is 13.3. The minimum Gasteiger partial charge on any atom is -0.433 e. The summed E-state index contributed by atoms with van der Waals surface area (Å²) in [5, 5.41) is 11.1. The van der Waals surface area contributed by atoms with Gasteiger partial charge in [0, 0.05) is 29.8 Å². The monoisotopic (exact) mass is 521 g/mol. The van der Waals surface area contributed by atoms with Gasteiger partial charge in [-0.25, -0.2) is 9.97 Å². The van der Waals surface area contributed by atoms with E-state index in [4.69, 9.17) is 4.74 Å². The summed E-state index contributed by atoms with van der Waals surface area (Å²) in [7, 11) is 5.75. The molecular formula is C27H29F2N7O2. The second-order valence-electron chi connectivity index (χ2n) is 8.94. The molecule has 11 heteroatoms. The number of anilines is 3. The average Bonchev–Trinajstić information content (AvgIpc) is 3.25. The maximum Gasteiger partial charge on any atom is 0.387 e. The number of alkyl halides is 2. The number of nitrogens with one attached hydrogen (secondary N) is 2. The Morgan fingerprint density at radius 3 is 2.74 bits per heavy atom. The van der Waals surface area contributed by atoms with Gasteiger partial charge in [0.15, 0.2) is 0 Å². The van der Waals surface area contributed by atoms with Crippen molar-refractivity contribution in [3.8, 4) is 17.0 Å². The number of carbonyl (C=O) groups excluding carboxylic acids is 1. The molecule has 0 radical (unpaired) electrons. The Morgan fingerprint density at radius 1 is 1.18 bits per heavy atom. The van der Waals surface area contributed by atoms with Gasteiger partial charge >= 0.3 is 6.61 Å². The summed E-state index contributed by atoms with van der Waals surface area (Å²) in [6, 6.07) is 10.6. The molecule has 9 nitrogen and oxygen atoms in total. The Labute approximate surface area is 219 Å². The van der Waals surface area contributed by atoms with Gasteiger partial charge in [-0.15, -0.1) is 0 Å². The highest BCUT2D eigenvalue weighted by Gasteiger charge is 2.17. The molecule has 4 rings (SSSR count). The van der Waals surface area contributed by atoms with E-state index in [0.717, 1.165) is 35.5 Å². The number of fused-ring (bicyclic) bond motifs is 1. The van der Waals surface area contributed by atoms with Gasteiger partial charge in [-0.3, -0.25) is 9.48 Å². The molecule has 2 aromatic carbocycles. The fraction of sp³-hybridized carbons (Fsp3) is 0.259. The third-order valence-electron chi connectivity index (χ3n) is 5.89. The molecule has 0 aliphatic heterocycles. The molecule has 198 valence electrons. The molecular weight excluding hydrogens is 492 g/mol. The maximum absolute atomic E-state index is 13.3. The van der Waals surface area contributed by atoms with Crippen LogP contribution in [0.5, 0.6) is 5.75 Å². The molecule has 0 saturated carbocycles. The predicted molar refractivity (Wildman–Crippen MR) is 144 cm³/mol. The molecule has 0 aliphatic carbocycles. The summed E-state index contributed by atoms with van der Waals surface area (Å²) in [5.74, 6) is -0.115. The third kappa shape index (κ3) is 6.48. The molecule has 0 atom stereocenters. The zero-order valence-corrected chi connectivity index (χ0v) is 21.4. The number of amides is 1. The van der Waals surface area contributed by atoms with Gasteiger partial charge in [0.2, 0.25) is 5.91 Å². The van der Waals surface area contributed by atoms with Gasteiger partial charge < -0.3 is 20.3 Å². The van der Waals surface area contributed by atoms with Crippen molar-refractivity contribution in [3.63, 3.8) is 0 Å². The normalized spacial score (nSPS) is 11.2. The molecule has 2 heterocycles. The van der Waals surface area contributed by atoms with Crippen LogP contribution in [0.15, 0.2) is 61.6 Å². The molecule has 38 heavy (non-hydrogen) atoms. The summed E-state index contributed by atoms with van der Waals surface area (Å²) in [6.07, 6.45) is 5.61. The number of nitrogens with zero attached hydrogens (tertiary/aromatic N) is 5. The molecule has 1 amide bonds. The summed E-state index contributed by atoms with van der Waals surface area (Å²) in [4.78, 5) is 22.8. The lowest BCUT2D eigenvalue weighted by molar-refractivity contribution is -0.111. The Hall–Kier alpha value is -4.38. The van der Waals surface area contributed by atoms with Crippen LogP contribution in [-0.2, 0) is 18.3 Å². The zero-order chi connectivity index (χ0) is 27.2. The van der Waals surface area contributed by atoms with E-state index in [-0.39, 0.29) is 11.4 Å². The Bertz CT molecular complexity index is 1450. The van der Waals surface area contributed by atoms with E-state index >= 15 is 0 Å². The molecule has 2 N–H and O–H groups in total. The first-order chi connectivity index (χ1) is 18.2. The molecule has 0 spiro atoms. The van der Waals surface area contributed by atoms with Gasteiger partial charge in [-0.1, -0.05) is 18.7 Å². The number of aryl methyl sites for hydroxylation is 2. The Morgan fingerprint density at radius 2 is 2.00 bits per heavy atom. The average molecular weight is 522 g/mol. The number of hydrogen-bond donors (Lipinski definition) is 2. The number of hydrogen-bond acceptors (Lipinski definition) is 7. The first kappa shape index (κ1) is 26.7. The first-order valence-electron chi connectivity index (χ1n) is 11.9. The van der Waals surface area contributed by atoms with E-state index in [2.05, 4.69) is 32.3 Å². The topological polar surface area (TPSA) is 97.2 Å². The quantitative estimate of drug-likeness (QED) is 0.268. The lowest BCUT2D eigenvalue weighted by Crippen LogP contribution is -2.15. The highest BCUT2D eigenvalue weighted by Crippen LogP contribution is 2.36. The SMILES string of the molecule is C=CC(=O)Nc1cc(Nc2cc(-c3ccc4cnn(C)c4c3)ncn2)c(OC(F)F)cc1CCCN(C)C. The molecule has 0 aliphatic rings. The van der Waals surface area contributed by atoms with Crippen molar-refractivity contribution < 1.29 is 18.3 Å². The number of carbonyl (C=O) groups is 1. The number of benzene rings is 2. The van der Waals surface area contributed by atoms with Crippen LogP contribution >= 0.6 is 0 Å². The van der Waals surface area contributed by atoms with Crippen LogP contribution in [0, 0.1) is 0 Å². The van der Waals surface area contributed by atoms with Gasteiger partial charge in [0.05, 0.1) is 23.1 Å². The van der Waals surface area contributed by atoms with Crippen molar-refractivity contribution in [1.82, 2.24) is 24.6 Å². The minimum atomic E-state index is -3.04. The van der Waals surface area contributed by atoms with Crippen LogP contribution in [0.25, 0.3) is 22.2 Å².